The van der Waals surface area contributed by atoms with Crippen LogP contribution in [0.25, 0.3) is 0 Å². The Balaban J connectivity index is 2.06. The van der Waals surface area contributed by atoms with E-state index in [2.05, 4.69) is 27.5 Å². The average Bonchev–Trinajstić information content (AvgIpc) is 2.46. The molecule has 2 N–H and O–H groups in total. The maximum atomic E-state index is 5.40. The predicted molar refractivity (Wildman–Crippen MR) is 79.0 cm³/mol. The minimum Gasteiger partial charge on any atom is -0.381 e. The second kappa shape index (κ2) is 8.01. The zero-order valence-corrected chi connectivity index (χ0v) is 12.3. The first kappa shape index (κ1) is 15.0. The third-order valence-corrected chi connectivity index (χ3v) is 3.14. The molecule has 6 heteroatoms. The lowest BCUT2D eigenvalue weighted by atomic mass is 10.1. The van der Waals surface area contributed by atoms with Gasteiger partial charge in [-0.05, 0) is 26.7 Å². The molecule has 1 saturated heterocycles. The third kappa shape index (κ3) is 4.61. The Morgan fingerprint density at radius 3 is 2.70 bits per heavy atom. The summed E-state index contributed by atoms with van der Waals surface area (Å²) in [6.07, 6.45) is 2.03. The van der Waals surface area contributed by atoms with Crippen molar-refractivity contribution in [3.63, 3.8) is 0 Å². The molecule has 0 saturated carbocycles. The number of hydrogen-bond donors (Lipinski definition) is 2. The summed E-state index contributed by atoms with van der Waals surface area (Å²) in [5, 5.41) is 6.70. The van der Waals surface area contributed by atoms with E-state index in [1.807, 2.05) is 13.0 Å². The van der Waals surface area contributed by atoms with Gasteiger partial charge in [0, 0.05) is 38.5 Å². The Bertz CT molecular complexity index is 408. The van der Waals surface area contributed by atoms with Gasteiger partial charge < -0.3 is 20.1 Å². The zero-order valence-electron chi connectivity index (χ0n) is 12.3. The summed E-state index contributed by atoms with van der Waals surface area (Å²) in [7, 11) is 0. The van der Waals surface area contributed by atoms with Gasteiger partial charge >= 0.3 is 0 Å². The predicted octanol–water partition coefficient (Wildman–Crippen LogP) is 2.04. The minimum absolute atomic E-state index is 0.424. The highest BCUT2D eigenvalue weighted by Crippen LogP contribution is 2.16. The third-order valence-electron chi connectivity index (χ3n) is 3.14. The summed E-state index contributed by atoms with van der Waals surface area (Å²) < 4.78 is 10.8. The number of nitrogens with one attached hydrogen (secondary N) is 2. The summed E-state index contributed by atoms with van der Waals surface area (Å²) in [5.74, 6) is 2.41. The van der Waals surface area contributed by atoms with Crippen LogP contribution in [0.5, 0.6) is 0 Å². The Kier molecular flexibility index (Phi) is 6.01. The standard InChI is InChI=1S/C14H24N4O2/c1-3-15-12-9-13(16-11-5-7-20-8-6-11)18-14(17-12)10-19-4-2/h9,11H,3-8,10H2,1-2H3,(H2,15,16,17,18). The highest BCUT2D eigenvalue weighted by Gasteiger charge is 2.15. The Morgan fingerprint density at radius 1 is 1.25 bits per heavy atom. The van der Waals surface area contributed by atoms with Gasteiger partial charge in [0.2, 0.25) is 0 Å². The van der Waals surface area contributed by atoms with Crippen molar-refractivity contribution in [2.24, 2.45) is 0 Å². The molecule has 2 heterocycles. The molecular weight excluding hydrogens is 256 g/mol. The maximum absolute atomic E-state index is 5.40. The first-order chi connectivity index (χ1) is 9.81. The molecule has 0 atom stereocenters. The molecule has 0 unspecified atom stereocenters. The lowest BCUT2D eigenvalue weighted by Gasteiger charge is -2.24. The summed E-state index contributed by atoms with van der Waals surface area (Å²) in [4.78, 5) is 8.96. The summed E-state index contributed by atoms with van der Waals surface area (Å²) in [6, 6.07) is 2.38. The van der Waals surface area contributed by atoms with Crippen LogP contribution in [0.15, 0.2) is 6.07 Å². The van der Waals surface area contributed by atoms with E-state index < -0.39 is 0 Å². The molecule has 0 amide bonds. The van der Waals surface area contributed by atoms with Crippen molar-refractivity contribution >= 4 is 11.6 Å². The van der Waals surface area contributed by atoms with Gasteiger partial charge in [-0.25, -0.2) is 9.97 Å². The molecule has 20 heavy (non-hydrogen) atoms. The van der Waals surface area contributed by atoms with Crippen molar-refractivity contribution in [3.8, 4) is 0 Å². The number of hydrogen-bond acceptors (Lipinski definition) is 6. The average molecular weight is 280 g/mol. The van der Waals surface area contributed by atoms with E-state index in [0.29, 0.717) is 25.1 Å². The van der Waals surface area contributed by atoms with E-state index >= 15 is 0 Å². The van der Waals surface area contributed by atoms with Crippen molar-refractivity contribution in [1.29, 1.82) is 0 Å². The van der Waals surface area contributed by atoms with Crippen molar-refractivity contribution in [2.75, 3.05) is 37.0 Å². The maximum Gasteiger partial charge on any atom is 0.158 e. The van der Waals surface area contributed by atoms with Crippen LogP contribution in [0.1, 0.15) is 32.5 Å². The van der Waals surface area contributed by atoms with E-state index in [9.17, 15) is 0 Å². The van der Waals surface area contributed by atoms with Gasteiger partial charge in [-0.2, -0.15) is 0 Å². The molecule has 1 aromatic rings. The van der Waals surface area contributed by atoms with Crippen molar-refractivity contribution in [1.82, 2.24) is 9.97 Å². The highest BCUT2D eigenvalue weighted by atomic mass is 16.5. The van der Waals surface area contributed by atoms with Crippen molar-refractivity contribution < 1.29 is 9.47 Å². The van der Waals surface area contributed by atoms with Crippen molar-refractivity contribution in [3.05, 3.63) is 11.9 Å². The largest absolute Gasteiger partial charge is 0.381 e. The molecule has 1 aromatic heterocycles. The molecule has 0 spiro atoms. The number of nitrogens with zero attached hydrogens (tertiary/aromatic N) is 2. The molecule has 1 aliphatic rings. The number of aromatic nitrogens is 2. The van der Waals surface area contributed by atoms with Gasteiger partial charge in [0.15, 0.2) is 5.82 Å². The van der Waals surface area contributed by atoms with Crippen LogP contribution in [0, 0.1) is 0 Å². The van der Waals surface area contributed by atoms with Crippen molar-refractivity contribution in [2.45, 2.75) is 39.3 Å². The van der Waals surface area contributed by atoms with E-state index in [1.54, 1.807) is 0 Å². The van der Waals surface area contributed by atoms with E-state index in [-0.39, 0.29) is 0 Å². The smallest absolute Gasteiger partial charge is 0.158 e. The molecule has 0 aliphatic carbocycles. The summed E-state index contributed by atoms with van der Waals surface area (Å²) in [5.41, 5.74) is 0. The molecule has 0 aromatic carbocycles. The van der Waals surface area contributed by atoms with Gasteiger partial charge in [-0.1, -0.05) is 0 Å². The lowest BCUT2D eigenvalue weighted by molar-refractivity contribution is 0.0903. The van der Waals surface area contributed by atoms with E-state index in [4.69, 9.17) is 9.47 Å². The highest BCUT2D eigenvalue weighted by molar-refractivity contribution is 5.48. The van der Waals surface area contributed by atoms with Gasteiger partial charge in [-0.15, -0.1) is 0 Å². The molecular formula is C14H24N4O2. The van der Waals surface area contributed by atoms with Gasteiger partial charge in [0.25, 0.3) is 0 Å². The van der Waals surface area contributed by atoms with Gasteiger partial charge in [0.1, 0.15) is 18.2 Å². The van der Waals surface area contributed by atoms with Gasteiger partial charge in [0.05, 0.1) is 0 Å². The Labute approximate surface area is 120 Å². The van der Waals surface area contributed by atoms with E-state index in [1.165, 1.54) is 0 Å². The van der Waals surface area contributed by atoms with Crippen LogP contribution in [0.3, 0.4) is 0 Å². The summed E-state index contributed by atoms with van der Waals surface area (Å²) in [6.45, 7) is 7.59. The molecule has 2 rings (SSSR count). The molecule has 1 aliphatic heterocycles. The first-order valence-electron chi connectivity index (χ1n) is 7.35. The number of ether oxygens (including phenoxy) is 2. The molecule has 6 nitrogen and oxygen atoms in total. The Hall–Kier alpha value is -1.40. The fourth-order valence-electron chi connectivity index (χ4n) is 2.15. The SMILES string of the molecule is CCNc1cc(NC2CCOCC2)nc(COCC)n1. The fourth-order valence-corrected chi connectivity index (χ4v) is 2.15. The Morgan fingerprint density at radius 2 is 2.00 bits per heavy atom. The monoisotopic (exact) mass is 280 g/mol. The van der Waals surface area contributed by atoms with Crippen LogP contribution < -0.4 is 10.6 Å². The topological polar surface area (TPSA) is 68.3 Å². The van der Waals surface area contributed by atoms with E-state index in [0.717, 1.165) is 44.2 Å². The van der Waals surface area contributed by atoms with Crippen LogP contribution in [-0.2, 0) is 16.1 Å². The van der Waals surface area contributed by atoms with Crippen LogP contribution in [0.2, 0.25) is 0 Å². The molecule has 0 radical (unpaired) electrons. The number of anilines is 2. The van der Waals surface area contributed by atoms with Crippen LogP contribution in [0.4, 0.5) is 11.6 Å². The number of rotatable bonds is 7. The first-order valence-corrected chi connectivity index (χ1v) is 7.35. The van der Waals surface area contributed by atoms with Gasteiger partial charge in [-0.3, -0.25) is 0 Å². The van der Waals surface area contributed by atoms with Crippen LogP contribution in [-0.4, -0.2) is 42.4 Å². The zero-order chi connectivity index (χ0) is 14.2. The van der Waals surface area contributed by atoms with Crippen LogP contribution >= 0.6 is 0 Å². The molecule has 1 fully saturated rings. The summed E-state index contributed by atoms with van der Waals surface area (Å²) >= 11 is 0. The normalized spacial score (nSPS) is 16.1. The molecule has 0 bridgehead atoms. The second-order valence-corrected chi connectivity index (χ2v) is 4.75. The molecule has 112 valence electrons. The second-order valence-electron chi connectivity index (χ2n) is 4.75. The minimum atomic E-state index is 0.424. The fraction of sp³-hybridized carbons (Fsp3) is 0.714. The quantitative estimate of drug-likeness (QED) is 0.796. The lowest BCUT2D eigenvalue weighted by Crippen LogP contribution is -2.28.